The molecule has 0 saturated heterocycles. The van der Waals surface area contributed by atoms with Crippen LogP contribution in [0.3, 0.4) is 0 Å². The fraction of sp³-hybridized carbons (Fsp3) is 0.316. The van der Waals surface area contributed by atoms with Gasteiger partial charge in [-0.2, -0.15) is 9.97 Å². The lowest BCUT2D eigenvalue weighted by molar-refractivity contribution is 0.172. The molecule has 2 N–H and O–H groups in total. The minimum absolute atomic E-state index is 0. The van der Waals surface area contributed by atoms with Crippen molar-refractivity contribution in [1.29, 1.82) is 0 Å². The molecule has 6 aromatic rings. The number of anilines is 1. The van der Waals surface area contributed by atoms with E-state index in [0.717, 1.165) is 37.3 Å². The van der Waals surface area contributed by atoms with Crippen LogP contribution >= 0.6 is 23.2 Å². The summed E-state index contributed by atoms with van der Waals surface area (Å²) in [5.74, 6) is 0.434. The number of aliphatic hydroxyl groups is 1. The van der Waals surface area contributed by atoms with Gasteiger partial charge in [0.1, 0.15) is 11.3 Å². The zero-order valence-electron chi connectivity index (χ0n) is 28.1. The largest absolute Gasteiger partial charge is 0.394 e. The summed E-state index contributed by atoms with van der Waals surface area (Å²) >= 11 is 12.4. The maximum absolute atomic E-state index is 12.9. The SMILES string of the molecule is C.C.Cn1c(=O)c(-c2ccccc2Cl)cc2cnc(NC3(CO)CCCCC3)nc21.Cn1c(=O)c(-c2ccccc2Cl)cc2cnc(S(C)(=O)=O)nc21. The summed E-state index contributed by atoms with van der Waals surface area (Å²) in [6.07, 6.45) is 9.20. The summed E-state index contributed by atoms with van der Waals surface area (Å²) in [5, 5.41) is 15.2. The number of benzene rings is 2. The fourth-order valence-electron chi connectivity index (χ4n) is 6.25. The van der Waals surface area contributed by atoms with E-state index >= 15 is 0 Å². The van der Waals surface area contributed by atoms with E-state index in [0.29, 0.717) is 49.3 Å². The second-order valence-electron chi connectivity index (χ2n) is 12.6. The van der Waals surface area contributed by atoms with Gasteiger partial charge in [-0.15, -0.1) is 0 Å². The lowest BCUT2D eigenvalue weighted by Gasteiger charge is -2.36. The summed E-state index contributed by atoms with van der Waals surface area (Å²) < 4.78 is 26.0. The molecule has 0 aliphatic heterocycles. The Balaban J connectivity index is 0.000000232. The third-order valence-electron chi connectivity index (χ3n) is 9.02. The monoisotopic (exact) mass is 779 g/mol. The molecule has 4 heterocycles. The van der Waals surface area contributed by atoms with Crippen LogP contribution in [0.5, 0.6) is 0 Å². The summed E-state index contributed by atoms with van der Waals surface area (Å²) in [6, 6.07) is 17.7. The molecule has 15 heteroatoms. The summed E-state index contributed by atoms with van der Waals surface area (Å²) in [4.78, 5) is 42.4. The molecular weight excluding hydrogens is 737 g/mol. The molecule has 53 heavy (non-hydrogen) atoms. The maximum atomic E-state index is 12.9. The zero-order valence-corrected chi connectivity index (χ0v) is 30.4. The Bertz CT molecular complexity index is 2520. The van der Waals surface area contributed by atoms with E-state index in [4.69, 9.17) is 23.2 Å². The van der Waals surface area contributed by atoms with Gasteiger partial charge in [0.2, 0.25) is 20.9 Å². The van der Waals surface area contributed by atoms with E-state index in [-0.39, 0.29) is 48.9 Å². The van der Waals surface area contributed by atoms with E-state index in [1.165, 1.54) is 28.8 Å². The average Bonchev–Trinajstić information content (AvgIpc) is 3.12. The number of nitrogens with one attached hydrogen (secondary N) is 1. The Kier molecular flexibility index (Phi) is 12.8. The van der Waals surface area contributed by atoms with Crippen LogP contribution in [0.1, 0.15) is 47.0 Å². The van der Waals surface area contributed by atoms with Gasteiger partial charge in [0.25, 0.3) is 11.1 Å². The first-order chi connectivity index (χ1) is 24.3. The Morgan fingerprint density at radius 3 is 1.70 bits per heavy atom. The van der Waals surface area contributed by atoms with Crippen LogP contribution in [-0.4, -0.2) is 61.0 Å². The van der Waals surface area contributed by atoms with Crippen molar-refractivity contribution < 1.29 is 13.5 Å². The van der Waals surface area contributed by atoms with Crippen molar-refractivity contribution >= 4 is 61.1 Å². The van der Waals surface area contributed by atoms with Crippen molar-refractivity contribution in [3.05, 3.63) is 104 Å². The molecular formula is C38H43Cl2N7O5S. The molecule has 2 aromatic carbocycles. The number of rotatable bonds is 6. The van der Waals surface area contributed by atoms with Crippen LogP contribution < -0.4 is 16.4 Å². The zero-order chi connectivity index (χ0) is 36.5. The van der Waals surface area contributed by atoms with Gasteiger partial charge in [-0.3, -0.25) is 18.7 Å². The number of aliphatic hydroxyl groups excluding tert-OH is 1. The first-order valence-electron chi connectivity index (χ1n) is 16.1. The second kappa shape index (κ2) is 16.5. The van der Waals surface area contributed by atoms with Crippen LogP contribution in [0.2, 0.25) is 10.0 Å². The van der Waals surface area contributed by atoms with Gasteiger partial charge in [0.15, 0.2) is 0 Å². The van der Waals surface area contributed by atoms with Gasteiger partial charge in [-0.05, 0) is 37.1 Å². The van der Waals surface area contributed by atoms with Crippen LogP contribution in [-0.2, 0) is 23.9 Å². The molecule has 0 bridgehead atoms. The normalized spacial score (nSPS) is 13.7. The number of nitrogens with zero attached hydrogens (tertiary/aromatic N) is 6. The Labute approximate surface area is 318 Å². The number of fused-ring (bicyclic) bond motifs is 2. The van der Waals surface area contributed by atoms with Crippen molar-refractivity contribution in [3.8, 4) is 22.3 Å². The molecule has 280 valence electrons. The van der Waals surface area contributed by atoms with Gasteiger partial charge < -0.3 is 10.4 Å². The number of sulfone groups is 1. The molecule has 12 nitrogen and oxygen atoms in total. The molecule has 1 saturated carbocycles. The minimum atomic E-state index is -3.55. The van der Waals surface area contributed by atoms with Crippen LogP contribution in [0.15, 0.2) is 87.8 Å². The second-order valence-corrected chi connectivity index (χ2v) is 15.3. The predicted octanol–water partition coefficient (Wildman–Crippen LogP) is 7.08. The highest BCUT2D eigenvalue weighted by Gasteiger charge is 2.32. The molecule has 0 atom stereocenters. The lowest BCUT2D eigenvalue weighted by Crippen LogP contribution is -2.44. The third-order valence-corrected chi connectivity index (χ3v) is 10.5. The van der Waals surface area contributed by atoms with Gasteiger partial charge in [0, 0.05) is 75.8 Å². The first-order valence-corrected chi connectivity index (χ1v) is 18.8. The standard InChI is InChI=1S/C21H23ClN4O2.C15H12ClN3O3S.2CH4/c1-26-18-14(11-16(19(26)28)15-7-3-4-8-17(15)22)12-23-20(24-18)25-21(13-27)9-5-2-6-10-21;1-19-13-9(8-17-15(18-13)23(2,21)22)7-11(14(19)20)10-5-3-4-6-12(10)16;;/h3-4,7-8,11-12,27H,2,5-6,9-10,13H2,1H3,(H,23,24,25);3-8H,1-2H3;2*1H4. The molecule has 1 aliphatic carbocycles. The van der Waals surface area contributed by atoms with E-state index in [1.54, 1.807) is 55.7 Å². The average molecular weight is 781 g/mol. The molecule has 1 aliphatic rings. The van der Waals surface area contributed by atoms with E-state index < -0.39 is 9.84 Å². The number of halogens is 2. The highest BCUT2D eigenvalue weighted by molar-refractivity contribution is 7.90. The van der Waals surface area contributed by atoms with Gasteiger partial charge in [0.05, 0.1) is 12.1 Å². The number of hydrogen-bond donors (Lipinski definition) is 2. The molecule has 0 unspecified atom stereocenters. The predicted molar refractivity (Wildman–Crippen MR) is 214 cm³/mol. The van der Waals surface area contributed by atoms with Gasteiger partial charge in [-0.1, -0.05) is 93.7 Å². The Morgan fingerprint density at radius 2 is 1.23 bits per heavy atom. The highest BCUT2D eigenvalue weighted by Crippen LogP contribution is 2.32. The number of hydrogen-bond acceptors (Lipinski definition) is 10. The molecule has 0 radical (unpaired) electrons. The summed E-state index contributed by atoms with van der Waals surface area (Å²) in [6.45, 7) is 0.0404. The number of aryl methyl sites for hydroxylation is 2. The van der Waals surface area contributed by atoms with Crippen molar-refractivity contribution in [1.82, 2.24) is 29.1 Å². The van der Waals surface area contributed by atoms with Crippen LogP contribution in [0, 0.1) is 0 Å². The lowest BCUT2D eigenvalue weighted by atomic mass is 9.82. The summed E-state index contributed by atoms with van der Waals surface area (Å²) in [7, 11) is -0.321. The molecule has 0 spiro atoms. The Morgan fingerprint density at radius 1 is 0.755 bits per heavy atom. The van der Waals surface area contributed by atoms with Crippen molar-refractivity contribution in [3.63, 3.8) is 0 Å². The maximum Gasteiger partial charge on any atom is 0.259 e. The topological polar surface area (TPSA) is 162 Å². The highest BCUT2D eigenvalue weighted by atomic mass is 35.5. The quantitative estimate of drug-likeness (QED) is 0.167. The molecule has 4 aromatic heterocycles. The first kappa shape index (κ1) is 41.1. The van der Waals surface area contributed by atoms with Crippen molar-refractivity contribution in [2.75, 3.05) is 18.2 Å². The smallest absolute Gasteiger partial charge is 0.259 e. The number of pyridine rings is 2. The molecule has 1 fully saturated rings. The van der Waals surface area contributed by atoms with E-state index in [2.05, 4.69) is 25.3 Å². The Hall–Kier alpha value is -4.69. The summed E-state index contributed by atoms with van der Waals surface area (Å²) in [5.41, 5.74) is 2.14. The third kappa shape index (κ3) is 8.43. The van der Waals surface area contributed by atoms with E-state index in [9.17, 15) is 23.1 Å². The van der Waals surface area contributed by atoms with E-state index in [1.807, 2.05) is 18.2 Å². The van der Waals surface area contributed by atoms with Crippen molar-refractivity contribution in [2.24, 2.45) is 14.1 Å². The van der Waals surface area contributed by atoms with Crippen LogP contribution in [0.4, 0.5) is 5.95 Å². The fourth-order valence-corrected chi connectivity index (χ4v) is 7.22. The van der Waals surface area contributed by atoms with Gasteiger partial charge >= 0.3 is 0 Å². The van der Waals surface area contributed by atoms with Crippen LogP contribution in [0.25, 0.3) is 44.3 Å². The minimum Gasteiger partial charge on any atom is -0.394 e. The molecule has 0 amide bonds. The van der Waals surface area contributed by atoms with Crippen molar-refractivity contribution in [2.45, 2.75) is 57.7 Å². The molecule has 7 rings (SSSR count). The number of aromatic nitrogens is 6. The van der Waals surface area contributed by atoms with Gasteiger partial charge in [-0.25, -0.2) is 18.4 Å².